The molecular weight excluding hydrogens is 517 g/mol. The molecule has 7 heteroatoms. The van der Waals surface area contributed by atoms with Crippen molar-refractivity contribution in [3.05, 3.63) is 118 Å². The number of carbonyl (C=O) groups excluding carboxylic acids is 1. The number of benzene rings is 4. The van der Waals surface area contributed by atoms with Crippen molar-refractivity contribution in [1.82, 2.24) is 14.9 Å². The van der Waals surface area contributed by atoms with E-state index in [0.717, 1.165) is 27.5 Å². The fraction of sp³-hybridized carbons (Fsp3) is 0.0968. The van der Waals surface area contributed by atoms with Crippen LogP contribution in [0, 0.1) is 0 Å². The van der Waals surface area contributed by atoms with Gasteiger partial charge in [-0.1, -0.05) is 83.9 Å². The number of hydrogen-bond acceptors (Lipinski definition) is 3. The van der Waals surface area contributed by atoms with Crippen molar-refractivity contribution in [2.75, 3.05) is 0 Å². The number of nitrogens with one attached hydrogen (secondary N) is 1. The molecule has 0 aliphatic carbocycles. The predicted octanol–water partition coefficient (Wildman–Crippen LogP) is 7.76. The van der Waals surface area contributed by atoms with Crippen LogP contribution in [0.4, 0.5) is 0 Å². The summed E-state index contributed by atoms with van der Waals surface area (Å²) in [6, 6.07) is 26.1. The number of nitrogens with zero attached hydrogens (tertiary/aromatic N) is 2. The molecule has 0 fully saturated rings. The number of aromatic hydroxyl groups is 1. The molecule has 1 heterocycles. The Morgan fingerprint density at radius 3 is 2.55 bits per heavy atom. The van der Waals surface area contributed by atoms with Gasteiger partial charge in [0.1, 0.15) is 18.1 Å². The number of hydrogen-bond donors (Lipinski definition) is 2. The monoisotopic (exact) mass is 541 g/mol. The highest BCUT2D eigenvalue weighted by atomic mass is 35.5. The summed E-state index contributed by atoms with van der Waals surface area (Å²) in [5.41, 5.74) is 3.30. The van der Waals surface area contributed by atoms with Crippen LogP contribution in [0.5, 0.6) is 5.75 Å². The molecule has 0 bridgehead atoms. The minimum atomic E-state index is -0.182. The van der Waals surface area contributed by atoms with Gasteiger partial charge in [0.05, 0.1) is 16.8 Å². The smallest absolute Gasteiger partial charge is 0.240 e. The molecule has 38 heavy (non-hydrogen) atoms. The first kappa shape index (κ1) is 25.6. The maximum absolute atomic E-state index is 13.2. The summed E-state index contributed by atoms with van der Waals surface area (Å²) >= 11 is 12.5. The van der Waals surface area contributed by atoms with Gasteiger partial charge >= 0.3 is 0 Å². The third-order valence-corrected chi connectivity index (χ3v) is 6.86. The van der Waals surface area contributed by atoms with Gasteiger partial charge in [-0.25, -0.2) is 4.98 Å². The van der Waals surface area contributed by atoms with Crippen LogP contribution >= 0.6 is 23.2 Å². The van der Waals surface area contributed by atoms with Gasteiger partial charge in [0.2, 0.25) is 5.91 Å². The third kappa shape index (κ3) is 5.75. The first-order chi connectivity index (χ1) is 18.4. The molecule has 5 aromatic rings. The second-order valence-corrected chi connectivity index (χ2v) is 9.86. The molecule has 1 aromatic heterocycles. The van der Waals surface area contributed by atoms with E-state index in [2.05, 4.69) is 23.5 Å². The van der Waals surface area contributed by atoms with Crippen LogP contribution in [0.3, 0.4) is 0 Å². The first-order valence-electron chi connectivity index (χ1n) is 12.1. The van der Waals surface area contributed by atoms with E-state index < -0.39 is 0 Å². The van der Waals surface area contributed by atoms with Crippen molar-refractivity contribution < 1.29 is 9.90 Å². The summed E-state index contributed by atoms with van der Waals surface area (Å²) in [7, 11) is 0. The zero-order valence-corrected chi connectivity index (χ0v) is 22.1. The molecule has 0 spiro atoms. The van der Waals surface area contributed by atoms with Crippen molar-refractivity contribution in [1.29, 1.82) is 0 Å². The Hall–Kier alpha value is -4.06. The number of imidazole rings is 1. The first-order valence-corrected chi connectivity index (χ1v) is 12.9. The highest BCUT2D eigenvalue weighted by molar-refractivity contribution is 6.36. The lowest BCUT2D eigenvalue weighted by atomic mass is 10.00. The van der Waals surface area contributed by atoms with E-state index in [1.807, 2.05) is 55.6 Å². The number of phenolic OH excluding ortho intramolecular Hbond substituents is 1. The van der Waals surface area contributed by atoms with Gasteiger partial charge in [-0.15, -0.1) is 0 Å². The Morgan fingerprint density at radius 1 is 1.00 bits per heavy atom. The average Bonchev–Trinajstić information content (AvgIpc) is 3.29. The van der Waals surface area contributed by atoms with Crippen LogP contribution in [-0.4, -0.2) is 20.6 Å². The highest BCUT2D eigenvalue weighted by Gasteiger charge is 2.16. The molecule has 0 radical (unpaired) electrons. The molecule has 0 aliphatic rings. The Kier molecular flexibility index (Phi) is 7.50. The molecule has 1 amide bonds. The fourth-order valence-corrected chi connectivity index (χ4v) is 4.93. The van der Waals surface area contributed by atoms with E-state index in [9.17, 15) is 9.90 Å². The lowest BCUT2D eigenvalue weighted by Crippen LogP contribution is -2.30. The molecular formula is C31H25Cl2N3O2. The van der Waals surface area contributed by atoms with Crippen LogP contribution in [0.15, 0.2) is 91.1 Å². The number of fused-ring (bicyclic) bond motifs is 1. The van der Waals surface area contributed by atoms with Gasteiger partial charge < -0.3 is 15.0 Å². The van der Waals surface area contributed by atoms with E-state index in [1.54, 1.807) is 41.0 Å². The second kappa shape index (κ2) is 11.1. The SMILES string of the molecule is CC(NC(=O)Cn1cc(-c2ccc(Cl)cc2Cl)nc1/C=C/c1ccc(O)cc1)c1cccc2ccccc12. The van der Waals surface area contributed by atoms with Crippen molar-refractivity contribution in [2.45, 2.75) is 19.5 Å². The third-order valence-electron chi connectivity index (χ3n) is 6.31. The molecule has 1 unspecified atom stereocenters. The zero-order valence-electron chi connectivity index (χ0n) is 20.6. The van der Waals surface area contributed by atoms with Crippen molar-refractivity contribution in [3.8, 4) is 17.0 Å². The molecule has 0 saturated carbocycles. The highest BCUT2D eigenvalue weighted by Crippen LogP contribution is 2.30. The van der Waals surface area contributed by atoms with Crippen molar-refractivity contribution in [2.24, 2.45) is 0 Å². The maximum atomic E-state index is 13.2. The Labute approximate surface area is 231 Å². The average molecular weight is 542 g/mol. The van der Waals surface area contributed by atoms with Gasteiger partial charge in [0.15, 0.2) is 0 Å². The fourth-order valence-electron chi connectivity index (χ4n) is 4.42. The summed E-state index contributed by atoms with van der Waals surface area (Å²) in [6.45, 7) is 2.06. The van der Waals surface area contributed by atoms with Crippen molar-refractivity contribution in [3.63, 3.8) is 0 Å². The Bertz CT molecular complexity index is 1640. The molecule has 5 nitrogen and oxygen atoms in total. The Balaban J connectivity index is 1.42. The quantitative estimate of drug-likeness (QED) is 0.221. The van der Waals surface area contributed by atoms with Crippen LogP contribution in [0.2, 0.25) is 10.0 Å². The topological polar surface area (TPSA) is 67.2 Å². The van der Waals surface area contributed by atoms with E-state index in [-0.39, 0.29) is 24.2 Å². The van der Waals surface area contributed by atoms with E-state index >= 15 is 0 Å². The summed E-state index contributed by atoms with van der Waals surface area (Å²) in [6.07, 6.45) is 5.52. The lowest BCUT2D eigenvalue weighted by molar-refractivity contribution is -0.122. The van der Waals surface area contributed by atoms with Gasteiger partial charge in [-0.2, -0.15) is 0 Å². The predicted molar refractivity (Wildman–Crippen MR) is 155 cm³/mol. The standard InChI is InChI=1S/C31H25Cl2N3O2/c1-20(25-8-4-6-22-5-2-3-7-26(22)25)34-31(38)19-36-18-29(27-15-12-23(32)17-28(27)33)35-30(36)16-11-21-9-13-24(37)14-10-21/h2-18,20,37H,19H2,1H3,(H,34,38)/b16-11+. The number of carbonyl (C=O) groups is 1. The molecule has 1 atom stereocenters. The van der Waals surface area contributed by atoms with Crippen LogP contribution in [0.25, 0.3) is 34.2 Å². The number of phenols is 1. The van der Waals surface area contributed by atoms with Gasteiger partial charge in [-0.05, 0) is 65.2 Å². The zero-order chi connectivity index (χ0) is 26.6. The normalized spacial score (nSPS) is 12.2. The molecule has 4 aromatic carbocycles. The molecule has 5 rings (SSSR count). The summed E-state index contributed by atoms with van der Waals surface area (Å²) in [5, 5.41) is 16.0. The van der Waals surface area contributed by atoms with Gasteiger partial charge in [0.25, 0.3) is 0 Å². The summed E-state index contributed by atoms with van der Waals surface area (Å²) < 4.78 is 1.79. The largest absolute Gasteiger partial charge is 0.508 e. The number of aromatic nitrogens is 2. The molecule has 0 saturated heterocycles. The number of halogens is 2. The van der Waals surface area contributed by atoms with E-state index in [1.165, 1.54) is 0 Å². The van der Waals surface area contributed by atoms with Crippen LogP contribution in [0.1, 0.15) is 29.9 Å². The van der Waals surface area contributed by atoms with Gasteiger partial charge in [-0.3, -0.25) is 4.79 Å². The van der Waals surface area contributed by atoms with E-state index in [0.29, 0.717) is 21.6 Å². The van der Waals surface area contributed by atoms with Crippen LogP contribution in [-0.2, 0) is 11.3 Å². The lowest BCUT2D eigenvalue weighted by Gasteiger charge is -2.17. The molecule has 0 aliphatic heterocycles. The number of rotatable bonds is 7. The second-order valence-electron chi connectivity index (χ2n) is 9.02. The van der Waals surface area contributed by atoms with Crippen LogP contribution < -0.4 is 5.32 Å². The minimum Gasteiger partial charge on any atom is -0.508 e. The van der Waals surface area contributed by atoms with E-state index in [4.69, 9.17) is 28.2 Å². The maximum Gasteiger partial charge on any atom is 0.240 e. The minimum absolute atomic E-state index is 0.0720. The number of amides is 1. The summed E-state index contributed by atoms with van der Waals surface area (Å²) in [5.74, 6) is 0.642. The summed E-state index contributed by atoms with van der Waals surface area (Å²) in [4.78, 5) is 18.0. The Morgan fingerprint density at radius 2 is 1.76 bits per heavy atom. The van der Waals surface area contributed by atoms with Gasteiger partial charge in [0, 0.05) is 16.8 Å². The molecule has 2 N–H and O–H groups in total. The van der Waals surface area contributed by atoms with Crippen molar-refractivity contribution >= 4 is 52.0 Å². The molecule has 190 valence electrons.